The normalized spacial score (nSPS) is 20.2. The average Bonchev–Trinajstić information content (AvgIpc) is 2.56. The summed E-state index contributed by atoms with van der Waals surface area (Å²) < 4.78 is 0. The molecule has 0 bridgehead atoms. The number of hydrogen-bond donors (Lipinski definition) is 1. The number of fused-ring (bicyclic) bond motifs is 1. The number of nitrogens with zero attached hydrogens (tertiary/aromatic N) is 3. The van der Waals surface area contributed by atoms with Gasteiger partial charge in [-0.3, -0.25) is 14.8 Å². The largest absolute Gasteiger partial charge is 0.396 e. The van der Waals surface area contributed by atoms with Crippen LogP contribution in [0.3, 0.4) is 0 Å². The third-order valence-corrected chi connectivity index (χ3v) is 4.90. The summed E-state index contributed by atoms with van der Waals surface area (Å²) >= 11 is 0. The highest BCUT2D eigenvalue weighted by Crippen LogP contribution is 2.22. The summed E-state index contributed by atoms with van der Waals surface area (Å²) in [5, 5.41) is 10.7. The van der Waals surface area contributed by atoms with E-state index >= 15 is 0 Å². The number of aliphatic hydroxyl groups excluding tert-OH is 1. The van der Waals surface area contributed by atoms with Crippen LogP contribution >= 0.6 is 0 Å². The third kappa shape index (κ3) is 5.00. The highest BCUT2D eigenvalue weighted by atomic mass is 16.3. The van der Waals surface area contributed by atoms with Gasteiger partial charge in [0.2, 0.25) is 0 Å². The summed E-state index contributed by atoms with van der Waals surface area (Å²) in [5.41, 5.74) is 2.69. The van der Waals surface area contributed by atoms with Crippen LogP contribution in [0, 0.1) is 5.41 Å². The van der Waals surface area contributed by atoms with E-state index in [9.17, 15) is 5.11 Å². The molecule has 25 heavy (non-hydrogen) atoms. The molecule has 1 aromatic heterocycles. The number of pyridine rings is 1. The SMILES string of the molecule is CC(C)(C)CN1CCN(Cc2ccc3ncccc3c2)C[C@@H]1CCO. The van der Waals surface area contributed by atoms with Crippen molar-refractivity contribution in [2.24, 2.45) is 5.41 Å². The Labute approximate surface area is 151 Å². The molecule has 0 aliphatic carbocycles. The lowest BCUT2D eigenvalue weighted by Gasteiger charge is -2.44. The average molecular weight is 341 g/mol. The van der Waals surface area contributed by atoms with Gasteiger partial charge in [0.05, 0.1) is 5.52 Å². The van der Waals surface area contributed by atoms with Crippen molar-refractivity contribution in [1.82, 2.24) is 14.8 Å². The van der Waals surface area contributed by atoms with Crippen LogP contribution in [0.5, 0.6) is 0 Å². The van der Waals surface area contributed by atoms with E-state index in [0.29, 0.717) is 11.5 Å². The summed E-state index contributed by atoms with van der Waals surface area (Å²) in [6.07, 6.45) is 2.70. The molecule has 1 fully saturated rings. The first kappa shape index (κ1) is 18.3. The summed E-state index contributed by atoms with van der Waals surface area (Å²) in [4.78, 5) is 9.49. The van der Waals surface area contributed by atoms with Crippen molar-refractivity contribution in [2.45, 2.75) is 39.8 Å². The molecule has 0 spiro atoms. The molecule has 1 aliphatic heterocycles. The Kier molecular flexibility index (Phi) is 5.72. The molecule has 2 aromatic rings. The van der Waals surface area contributed by atoms with Crippen LogP contribution in [0.2, 0.25) is 0 Å². The molecule has 1 atom stereocenters. The minimum absolute atomic E-state index is 0.265. The lowest BCUT2D eigenvalue weighted by atomic mass is 9.94. The van der Waals surface area contributed by atoms with Gasteiger partial charge in [0.25, 0.3) is 0 Å². The summed E-state index contributed by atoms with van der Waals surface area (Å²) in [7, 11) is 0. The Bertz CT molecular complexity index is 695. The van der Waals surface area contributed by atoms with Gasteiger partial charge in [-0.25, -0.2) is 0 Å². The van der Waals surface area contributed by atoms with Crippen LogP contribution in [-0.4, -0.2) is 58.7 Å². The number of aliphatic hydroxyl groups is 1. The van der Waals surface area contributed by atoms with Gasteiger partial charge in [-0.05, 0) is 35.6 Å². The Balaban J connectivity index is 1.66. The van der Waals surface area contributed by atoms with Crippen LogP contribution in [0.4, 0.5) is 0 Å². The first-order valence-corrected chi connectivity index (χ1v) is 9.35. The smallest absolute Gasteiger partial charge is 0.0702 e. The number of hydrogen-bond acceptors (Lipinski definition) is 4. The van der Waals surface area contributed by atoms with Crippen LogP contribution in [-0.2, 0) is 6.54 Å². The first-order chi connectivity index (χ1) is 11.9. The minimum atomic E-state index is 0.265. The molecule has 0 unspecified atom stereocenters. The molecule has 0 amide bonds. The van der Waals surface area contributed by atoms with E-state index < -0.39 is 0 Å². The maximum atomic E-state index is 9.48. The minimum Gasteiger partial charge on any atom is -0.396 e. The number of piperazine rings is 1. The van der Waals surface area contributed by atoms with Crippen molar-refractivity contribution in [1.29, 1.82) is 0 Å². The molecule has 3 rings (SSSR count). The van der Waals surface area contributed by atoms with Crippen LogP contribution in [0.25, 0.3) is 10.9 Å². The molecular weight excluding hydrogens is 310 g/mol. The topological polar surface area (TPSA) is 39.6 Å². The van der Waals surface area contributed by atoms with Crippen molar-refractivity contribution in [3.8, 4) is 0 Å². The zero-order valence-electron chi connectivity index (χ0n) is 15.8. The second-order valence-electron chi connectivity index (χ2n) is 8.46. The van der Waals surface area contributed by atoms with Crippen LogP contribution < -0.4 is 0 Å². The van der Waals surface area contributed by atoms with Crippen molar-refractivity contribution >= 4 is 10.9 Å². The molecule has 2 heterocycles. The monoisotopic (exact) mass is 341 g/mol. The van der Waals surface area contributed by atoms with E-state index in [0.717, 1.165) is 44.7 Å². The first-order valence-electron chi connectivity index (χ1n) is 9.35. The predicted octanol–water partition coefficient (Wildman–Crippen LogP) is 3.15. The highest BCUT2D eigenvalue weighted by Gasteiger charge is 2.29. The van der Waals surface area contributed by atoms with Crippen molar-refractivity contribution in [2.75, 3.05) is 32.8 Å². The van der Waals surface area contributed by atoms with Gasteiger partial charge in [-0.15, -0.1) is 0 Å². The van der Waals surface area contributed by atoms with Gasteiger partial charge in [0.1, 0.15) is 0 Å². The molecule has 4 heteroatoms. The molecule has 1 aliphatic rings. The fraction of sp³-hybridized carbons (Fsp3) is 0.571. The molecule has 1 aromatic carbocycles. The Morgan fingerprint density at radius 2 is 2.04 bits per heavy atom. The zero-order valence-corrected chi connectivity index (χ0v) is 15.8. The standard InChI is InChI=1S/C21H31N3O/c1-21(2,3)16-24-11-10-23(15-19(24)8-12-25)14-17-6-7-20-18(13-17)5-4-9-22-20/h4-7,9,13,19,25H,8,10-12,14-16H2,1-3H3/t19-/m0/s1. The molecule has 136 valence electrons. The second kappa shape index (κ2) is 7.81. The summed E-state index contributed by atoms with van der Waals surface area (Å²) in [6, 6.07) is 11.1. The summed E-state index contributed by atoms with van der Waals surface area (Å²) in [5.74, 6) is 0. The third-order valence-electron chi connectivity index (χ3n) is 4.90. The van der Waals surface area contributed by atoms with Crippen molar-refractivity contribution in [3.63, 3.8) is 0 Å². The fourth-order valence-electron chi connectivity index (χ4n) is 3.82. The zero-order chi connectivity index (χ0) is 17.9. The van der Waals surface area contributed by atoms with Gasteiger partial charge in [0, 0.05) is 57.0 Å². The number of rotatable bonds is 5. The molecule has 1 saturated heterocycles. The van der Waals surface area contributed by atoms with Crippen molar-refractivity contribution < 1.29 is 5.11 Å². The van der Waals surface area contributed by atoms with Crippen LogP contribution in [0.1, 0.15) is 32.8 Å². The van der Waals surface area contributed by atoms with E-state index in [-0.39, 0.29) is 6.61 Å². The quantitative estimate of drug-likeness (QED) is 0.907. The van der Waals surface area contributed by atoms with Gasteiger partial charge < -0.3 is 5.11 Å². The predicted molar refractivity (Wildman–Crippen MR) is 104 cm³/mol. The number of aromatic nitrogens is 1. The van der Waals surface area contributed by atoms with E-state index in [2.05, 4.69) is 59.8 Å². The molecule has 0 saturated carbocycles. The van der Waals surface area contributed by atoms with Crippen LogP contribution in [0.15, 0.2) is 36.5 Å². The van der Waals surface area contributed by atoms with Gasteiger partial charge in [0.15, 0.2) is 0 Å². The molecule has 0 radical (unpaired) electrons. The molecule has 1 N–H and O–H groups in total. The van der Waals surface area contributed by atoms with Gasteiger partial charge >= 0.3 is 0 Å². The second-order valence-corrected chi connectivity index (χ2v) is 8.46. The fourth-order valence-corrected chi connectivity index (χ4v) is 3.82. The summed E-state index contributed by atoms with van der Waals surface area (Å²) in [6.45, 7) is 12.4. The Hall–Kier alpha value is -1.49. The van der Waals surface area contributed by atoms with Gasteiger partial charge in [-0.1, -0.05) is 32.9 Å². The molecule has 4 nitrogen and oxygen atoms in total. The van der Waals surface area contributed by atoms with Crippen molar-refractivity contribution in [3.05, 3.63) is 42.1 Å². The van der Waals surface area contributed by atoms with E-state index in [1.54, 1.807) is 0 Å². The highest BCUT2D eigenvalue weighted by molar-refractivity contribution is 5.78. The van der Waals surface area contributed by atoms with E-state index in [1.165, 1.54) is 10.9 Å². The van der Waals surface area contributed by atoms with E-state index in [1.807, 2.05) is 12.3 Å². The Morgan fingerprint density at radius 1 is 1.20 bits per heavy atom. The lowest BCUT2D eigenvalue weighted by molar-refractivity contribution is 0.0340. The maximum Gasteiger partial charge on any atom is 0.0702 e. The Morgan fingerprint density at radius 3 is 2.80 bits per heavy atom. The molecular formula is C21H31N3O. The van der Waals surface area contributed by atoms with E-state index in [4.69, 9.17) is 0 Å². The lowest BCUT2D eigenvalue weighted by Crippen LogP contribution is -2.54. The van der Waals surface area contributed by atoms with Gasteiger partial charge in [-0.2, -0.15) is 0 Å². The number of benzene rings is 1. The maximum absolute atomic E-state index is 9.48.